The van der Waals surface area contributed by atoms with E-state index in [9.17, 15) is 9.59 Å². The molecule has 0 aromatic heterocycles. The first-order chi connectivity index (χ1) is 7.22. The van der Waals surface area contributed by atoms with Gasteiger partial charge in [0.25, 0.3) is 0 Å². The molecular formula is C12H21NO3. The van der Waals surface area contributed by atoms with Crippen LogP contribution in [-0.2, 0) is 9.53 Å². The number of ether oxygens (including phenoxy) is 1. The third-order valence-electron chi connectivity index (χ3n) is 2.74. The molecule has 0 aromatic carbocycles. The van der Waals surface area contributed by atoms with Crippen molar-refractivity contribution in [1.29, 1.82) is 0 Å². The minimum absolute atomic E-state index is 0.0372. The Morgan fingerprint density at radius 2 is 1.81 bits per heavy atom. The number of carbonyl (C=O) groups excluding carboxylic acids is 2. The van der Waals surface area contributed by atoms with Crippen molar-refractivity contribution in [2.75, 3.05) is 0 Å². The maximum atomic E-state index is 11.9. The van der Waals surface area contributed by atoms with Crippen LogP contribution in [-0.4, -0.2) is 34.5 Å². The van der Waals surface area contributed by atoms with Crippen LogP contribution in [0.5, 0.6) is 0 Å². The normalized spacial score (nSPS) is 25.7. The summed E-state index contributed by atoms with van der Waals surface area (Å²) in [6.07, 6.45) is 1.23. The molecule has 1 rings (SSSR count). The maximum absolute atomic E-state index is 11.9. The molecule has 1 saturated heterocycles. The fraction of sp³-hybridized carbons (Fsp3) is 0.833. The van der Waals surface area contributed by atoms with E-state index in [4.69, 9.17) is 4.74 Å². The number of Topliss-reactive ketones (excluding diaryl/α,β-unsaturated/α-hetero) is 1. The Kier molecular flexibility index (Phi) is 3.61. The first-order valence-corrected chi connectivity index (χ1v) is 5.74. The van der Waals surface area contributed by atoms with Crippen LogP contribution in [0.4, 0.5) is 4.79 Å². The van der Waals surface area contributed by atoms with Crippen molar-refractivity contribution in [3.8, 4) is 0 Å². The zero-order valence-electron chi connectivity index (χ0n) is 10.7. The average molecular weight is 227 g/mol. The number of carbonyl (C=O) groups is 2. The van der Waals surface area contributed by atoms with Crippen molar-refractivity contribution in [2.24, 2.45) is 0 Å². The highest BCUT2D eigenvalue weighted by molar-refractivity contribution is 5.86. The largest absolute Gasteiger partial charge is 0.444 e. The van der Waals surface area contributed by atoms with Crippen molar-refractivity contribution in [3.63, 3.8) is 0 Å². The number of amides is 1. The van der Waals surface area contributed by atoms with Gasteiger partial charge in [0.2, 0.25) is 0 Å². The van der Waals surface area contributed by atoms with Gasteiger partial charge in [-0.2, -0.15) is 0 Å². The summed E-state index contributed by atoms with van der Waals surface area (Å²) in [6.45, 7) is 8.96. The van der Waals surface area contributed by atoms with Gasteiger partial charge in [-0.3, -0.25) is 9.69 Å². The lowest BCUT2D eigenvalue weighted by Crippen LogP contribution is -2.45. The number of rotatable bonds is 1. The summed E-state index contributed by atoms with van der Waals surface area (Å²) >= 11 is 0. The van der Waals surface area contributed by atoms with Crippen LogP contribution in [0.25, 0.3) is 0 Å². The maximum Gasteiger partial charge on any atom is 0.411 e. The smallest absolute Gasteiger partial charge is 0.411 e. The molecule has 4 nitrogen and oxygen atoms in total. The molecule has 16 heavy (non-hydrogen) atoms. The van der Waals surface area contributed by atoms with Gasteiger partial charge in [0.05, 0.1) is 6.04 Å². The summed E-state index contributed by atoms with van der Waals surface area (Å²) in [7, 11) is 0. The monoisotopic (exact) mass is 227 g/mol. The predicted octanol–water partition coefficient (Wildman–Crippen LogP) is 2.36. The van der Waals surface area contributed by atoms with Gasteiger partial charge in [0.15, 0.2) is 5.78 Å². The Morgan fingerprint density at radius 3 is 2.25 bits per heavy atom. The lowest BCUT2D eigenvalue weighted by atomic mass is 10.1. The fourth-order valence-electron chi connectivity index (χ4n) is 2.01. The van der Waals surface area contributed by atoms with Crippen molar-refractivity contribution in [3.05, 3.63) is 0 Å². The van der Waals surface area contributed by atoms with E-state index in [-0.39, 0.29) is 24.0 Å². The third kappa shape index (κ3) is 2.97. The first-order valence-electron chi connectivity index (χ1n) is 5.74. The first kappa shape index (κ1) is 13.0. The van der Waals surface area contributed by atoms with Crippen molar-refractivity contribution < 1.29 is 14.3 Å². The van der Waals surface area contributed by atoms with Gasteiger partial charge in [-0.1, -0.05) is 0 Å². The van der Waals surface area contributed by atoms with E-state index < -0.39 is 5.60 Å². The van der Waals surface area contributed by atoms with Gasteiger partial charge in [0.1, 0.15) is 5.60 Å². The average Bonchev–Trinajstić information content (AvgIpc) is 2.43. The Hall–Kier alpha value is -1.06. The molecule has 92 valence electrons. The molecule has 4 heteroatoms. The summed E-state index contributed by atoms with van der Waals surface area (Å²) in [5.74, 6) is 0.0372. The van der Waals surface area contributed by atoms with Gasteiger partial charge < -0.3 is 4.74 Å². The Balaban J connectivity index is 2.76. The molecule has 1 aliphatic heterocycles. The highest BCUT2D eigenvalue weighted by atomic mass is 16.6. The van der Waals surface area contributed by atoms with E-state index in [2.05, 4.69) is 0 Å². The van der Waals surface area contributed by atoms with Gasteiger partial charge in [-0.15, -0.1) is 0 Å². The van der Waals surface area contributed by atoms with Crippen LogP contribution in [0.1, 0.15) is 47.5 Å². The van der Waals surface area contributed by atoms with Crippen LogP contribution in [0.2, 0.25) is 0 Å². The SMILES string of the molecule is CC(=O)C1CC[C@H](C)N1C(=O)OC(C)(C)C. The van der Waals surface area contributed by atoms with Crippen molar-refractivity contribution in [1.82, 2.24) is 4.90 Å². The van der Waals surface area contributed by atoms with E-state index in [0.717, 1.165) is 12.8 Å². The van der Waals surface area contributed by atoms with E-state index in [1.54, 1.807) is 4.90 Å². The van der Waals surface area contributed by atoms with Crippen LogP contribution in [0.15, 0.2) is 0 Å². The highest BCUT2D eigenvalue weighted by Crippen LogP contribution is 2.26. The minimum atomic E-state index is -0.513. The van der Waals surface area contributed by atoms with E-state index >= 15 is 0 Å². The summed E-state index contributed by atoms with van der Waals surface area (Å²) in [4.78, 5) is 24.9. The quantitative estimate of drug-likeness (QED) is 0.691. The third-order valence-corrected chi connectivity index (χ3v) is 2.74. The Bertz CT molecular complexity index is 293. The van der Waals surface area contributed by atoms with Gasteiger partial charge in [0, 0.05) is 6.04 Å². The summed E-state index contributed by atoms with van der Waals surface area (Å²) in [6, 6.07) is -0.214. The molecule has 1 unspecified atom stereocenters. The lowest BCUT2D eigenvalue weighted by Gasteiger charge is -2.30. The molecule has 0 bridgehead atoms. The Morgan fingerprint density at radius 1 is 1.25 bits per heavy atom. The molecule has 0 spiro atoms. The zero-order valence-corrected chi connectivity index (χ0v) is 10.7. The minimum Gasteiger partial charge on any atom is -0.444 e. The summed E-state index contributed by atoms with van der Waals surface area (Å²) in [5.41, 5.74) is -0.513. The van der Waals surface area contributed by atoms with Crippen LogP contribution in [0, 0.1) is 0 Å². The highest BCUT2D eigenvalue weighted by Gasteiger charge is 2.39. The molecule has 1 heterocycles. The molecule has 2 atom stereocenters. The second-order valence-corrected chi connectivity index (χ2v) is 5.44. The van der Waals surface area contributed by atoms with Crippen LogP contribution in [0.3, 0.4) is 0 Å². The van der Waals surface area contributed by atoms with Crippen LogP contribution < -0.4 is 0 Å². The van der Waals surface area contributed by atoms with Gasteiger partial charge in [-0.05, 0) is 47.5 Å². The number of nitrogens with zero attached hydrogens (tertiary/aromatic N) is 1. The molecular weight excluding hydrogens is 206 g/mol. The Labute approximate surface area is 96.9 Å². The van der Waals surface area contributed by atoms with Gasteiger partial charge >= 0.3 is 6.09 Å². The van der Waals surface area contributed by atoms with Gasteiger partial charge in [-0.25, -0.2) is 4.79 Å². The van der Waals surface area contributed by atoms with Crippen LogP contribution >= 0.6 is 0 Å². The number of hydrogen-bond acceptors (Lipinski definition) is 3. The second-order valence-electron chi connectivity index (χ2n) is 5.44. The number of likely N-dealkylation sites (tertiary alicyclic amines) is 1. The molecule has 1 amide bonds. The topological polar surface area (TPSA) is 46.6 Å². The summed E-state index contributed by atoms with van der Waals surface area (Å²) < 4.78 is 5.31. The lowest BCUT2D eigenvalue weighted by molar-refractivity contribution is -0.121. The van der Waals surface area contributed by atoms with Crippen molar-refractivity contribution >= 4 is 11.9 Å². The zero-order chi connectivity index (χ0) is 12.5. The molecule has 1 fully saturated rings. The molecule has 0 radical (unpaired) electrons. The van der Waals surface area contributed by atoms with E-state index in [1.807, 2.05) is 27.7 Å². The van der Waals surface area contributed by atoms with E-state index in [1.165, 1.54) is 6.92 Å². The van der Waals surface area contributed by atoms with E-state index in [0.29, 0.717) is 0 Å². The predicted molar refractivity (Wildman–Crippen MR) is 61.2 cm³/mol. The molecule has 0 aromatic rings. The number of ketones is 1. The molecule has 0 aliphatic carbocycles. The summed E-state index contributed by atoms with van der Waals surface area (Å²) in [5, 5.41) is 0. The van der Waals surface area contributed by atoms with Crippen molar-refractivity contribution in [2.45, 2.75) is 65.1 Å². The second kappa shape index (κ2) is 4.44. The fourth-order valence-corrected chi connectivity index (χ4v) is 2.01. The molecule has 0 N–H and O–H groups in total. The molecule has 1 aliphatic rings. The molecule has 0 saturated carbocycles. The standard InChI is InChI=1S/C12H21NO3/c1-8-6-7-10(9(2)14)13(8)11(15)16-12(3,4)5/h8,10H,6-7H2,1-5H3/t8-,10?/m0/s1. The number of hydrogen-bond donors (Lipinski definition) is 0.